The average Bonchev–Trinajstić information content (AvgIpc) is 3.11. The van der Waals surface area contributed by atoms with Gasteiger partial charge in [-0.1, -0.05) is 29.8 Å². The van der Waals surface area contributed by atoms with Crippen molar-refractivity contribution in [1.29, 1.82) is 0 Å². The van der Waals surface area contributed by atoms with Crippen LogP contribution >= 0.6 is 0 Å². The molecule has 0 spiro atoms. The van der Waals surface area contributed by atoms with Crippen molar-refractivity contribution in [2.75, 3.05) is 6.54 Å². The van der Waals surface area contributed by atoms with Crippen LogP contribution < -0.4 is 5.32 Å². The Morgan fingerprint density at radius 2 is 1.89 bits per heavy atom. The predicted octanol–water partition coefficient (Wildman–Crippen LogP) is 1.52. The van der Waals surface area contributed by atoms with Gasteiger partial charge in [-0.15, -0.1) is 0 Å². The Hall–Kier alpha value is -1.84. The largest absolute Gasteiger partial charge is 0.481 e. The van der Waals surface area contributed by atoms with Gasteiger partial charge in [-0.3, -0.25) is 9.59 Å². The number of nitrogens with one attached hydrogen (secondary N) is 1. The maximum atomic E-state index is 11.7. The van der Waals surface area contributed by atoms with Crippen molar-refractivity contribution >= 4 is 11.9 Å². The van der Waals surface area contributed by atoms with Gasteiger partial charge < -0.3 is 10.4 Å². The summed E-state index contributed by atoms with van der Waals surface area (Å²) < 4.78 is 0. The lowest BCUT2D eigenvalue weighted by molar-refractivity contribution is -0.143. The summed E-state index contributed by atoms with van der Waals surface area (Å²) in [6, 6.07) is 7.75. The van der Waals surface area contributed by atoms with Crippen LogP contribution in [0.15, 0.2) is 24.3 Å². The lowest BCUT2D eigenvalue weighted by atomic mass is 10.1. The Kier molecular flexibility index (Phi) is 3.36. The van der Waals surface area contributed by atoms with Gasteiger partial charge in [0.25, 0.3) is 0 Å². The van der Waals surface area contributed by atoms with Gasteiger partial charge in [0.1, 0.15) is 0 Å². The van der Waals surface area contributed by atoms with Crippen molar-refractivity contribution in [3.05, 3.63) is 35.4 Å². The molecule has 18 heavy (non-hydrogen) atoms. The molecular weight excluding hydrogens is 230 g/mol. The van der Waals surface area contributed by atoms with Gasteiger partial charge >= 0.3 is 5.97 Å². The first kappa shape index (κ1) is 12.6. The maximum absolute atomic E-state index is 11.7. The number of carboxylic acid groups (broad SMARTS) is 1. The predicted molar refractivity (Wildman–Crippen MR) is 67.2 cm³/mol. The number of hydrogen-bond donors (Lipinski definition) is 2. The Morgan fingerprint density at radius 3 is 2.39 bits per heavy atom. The summed E-state index contributed by atoms with van der Waals surface area (Å²) >= 11 is 0. The van der Waals surface area contributed by atoms with Crippen molar-refractivity contribution in [2.45, 2.75) is 26.2 Å². The molecule has 0 aliphatic heterocycles. The van der Waals surface area contributed by atoms with Gasteiger partial charge in [0.05, 0.1) is 11.8 Å². The number of hydrogen-bond acceptors (Lipinski definition) is 2. The van der Waals surface area contributed by atoms with Gasteiger partial charge in [-0.25, -0.2) is 0 Å². The number of benzene rings is 1. The molecule has 4 heteroatoms. The smallest absolute Gasteiger partial charge is 0.311 e. The minimum absolute atomic E-state index is 0.119. The van der Waals surface area contributed by atoms with Crippen LogP contribution in [-0.4, -0.2) is 23.5 Å². The highest BCUT2D eigenvalue weighted by atomic mass is 16.4. The zero-order chi connectivity index (χ0) is 13.2. The van der Waals surface area contributed by atoms with E-state index in [0.717, 1.165) is 11.1 Å². The molecule has 1 aromatic rings. The number of aliphatic carboxylic acids is 1. The minimum Gasteiger partial charge on any atom is -0.481 e. The topological polar surface area (TPSA) is 66.4 Å². The fraction of sp³-hybridized carbons (Fsp3) is 0.429. The molecule has 0 unspecified atom stereocenters. The average molecular weight is 247 g/mol. The summed E-state index contributed by atoms with van der Waals surface area (Å²) in [5, 5.41) is 11.7. The first-order chi connectivity index (χ1) is 8.52. The van der Waals surface area contributed by atoms with Crippen LogP contribution in [0.5, 0.6) is 0 Å². The van der Waals surface area contributed by atoms with E-state index in [1.165, 1.54) is 0 Å². The van der Waals surface area contributed by atoms with E-state index >= 15 is 0 Å². The molecular formula is C14H17NO3. The SMILES string of the molecule is Cc1ccc(CC(=O)NCC2(C(=O)O)CC2)cc1. The normalized spacial score (nSPS) is 16.1. The number of carbonyl (C=O) groups excluding carboxylic acids is 1. The second-order valence-electron chi connectivity index (χ2n) is 5.02. The molecule has 1 aliphatic rings. The summed E-state index contributed by atoms with van der Waals surface area (Å²) in [7, 11) is 0. The minimum atomic E-state index is -0.807. The summed E-state index contributed by atoms with van der Waals surface area (Å²) in [5.74, 6) is -0.926. The standard InChI is InChI=1S/C14H17NO3/c1-10-2-4-11(5-3-10)8-12(16)15-9-14(6-7-14)13(17)18/h2-5H,6-9H2,1H3,(H,15,16)(H,17,18). The number of carbonyl (C=O) groups is 2. The van der Waals surface area contributed by atoms with Crippen molar-refractivity contribution in [3.63, 3.8) is 0 Å². The van der Waals surface area contributed by atoms with Crippen molar-refractivity contribution in [2.24, 2.45) is 5.41 Å². The molecule has 2 N–H and O–H groups in total. The fourth-order valence-electron chi connectivity index (χ4n) is 1.84. The van der Waals surface area contributed by atoms with Crippen LogP contribution in [0.2, 0.25) is 0 Å². The molecule has 1 fully saturated rings. The number of aryl methyl sites for hydroxylation is 1. The van der Waals surface area contributed by atoms with Crippen LogP contribution in [0.25, 0.3) is 0 Å². The third kappa shape index (κ3) is 2.88. The van der Waals surface area contributed by atoms with Gasteiger partial charge in [0, 0.05) is 6.54 Å². The lowest BCUT2D eigenvalue weighted by Gasteiger charge is -2.11. The zero-order valence-corrected chi connectivity index (χ0v) is 10.4. The highest BCUT2D eigenvalue weighted by molar-refractivity contribution is 5.82. The van der Waals surface area contributed by atoms with Gasteiger partial charge in [-0.05, 0) is 25.3 Å². The first-order valence-electron chi connectivity index (χ1n) is 6.07. The molecule has 0 aromatic heterocycles. The molecule has 96 valence electrons. The van der Waals surface area contributed by atoms with E-state index < -0.39 is 11.4 Å². The molecule has 1 aromatic carbocycles. The number of amides is 1. The van der Waals surface area contributed by atoms with E-state index in [-0.39, 0.29) is 12.5 Å². The molecule has 1 amide bonds. The summed E-state index contributed by atoms with van der Waals surface area (Å²) in [6.07, 6.45) is 1.62. The number of carboxylic acids is 1. The lowest BCUT2D eigenvalue weighted by Crippen LogP contribution is -2.35. The first-order valence-corrected chi connectivity index (χ1v) is 6.07. The third-order valence-corrected chi connectivity index (χ3v) is 3.42. The Morgan fingerprint density at radius 1 is 1.28 bits per heavy atom. The number of rotatable bonds is 5. The third-order valence-electron chi connectivity index (χ3n) is 3.42. The Labute approximate surface area is 106 Å². The zero-order valence-electron chi connectivity index (χ0n) is 10.4. The highest BCUT2D eigenvalue weighted by Crippen LogP contribution is 2.45. The van der Waals surface area contributed by atoms with Crippen LogP contribution in [0.3, 0.4) is 0 Å². The van der Waals surface area contributed by atoms with Crippen molar-refractivity contribution < 1.29 is 14.7 Å². The maximum Gasteiger partial charge on any atom is 0.311 e. The van der Waals surface area contributed by atoms with Crippen LogP contribution in [0.1, 0.15) is 24.0 Å². The monoisotopic (exact) mass is 247 g/mol. The molecule has 0 radical (unpaired) electrons. The van der Waals surface area contributed by atoms with Gasteiger partial charge in [0.2, 0.25) is 5.91 Å². The molecule has 4 nitrogen and oxygen atoms in total. The summed E-state index contributed by atoms with van der Waals surface area (Å²) in [4.78, 5) is 22.6. The Balaban J connectivity index is 1.82. The molecule has 0 atom stereocenters. The fourth-order valence-corrected chi connectivity index (χ4v) is 1.84. The van der Waals surface area contributed by atoms with E-state index in [1.54, 1.807) is 0 Å². The molecule has 0 heterocycles. The van der Waals surface area contributed by atoms with Crippen LogP contribution in [-0.2, 0) is 16.0 Å². The quantitative estimate of drug-likeness (QED) is 0.829. The second-order valence-corrected chi connectivity index (χ2v) is 5.02. The van der Waals surface area contributed by atoms with Gasteiger partial charge in [-0.2, -0.15) is 0 Å². The summed E-state index contributed by atoms with van der Waals surface area (Å²) in [5.41, 5.74) is 1.41. The molecule has 1 saturated carbocycles. The molecule has 1 aliphatic carbocycles. The van der Waals surface area contributed by atoms with E-state index in [2.05, 4.69) is 5.32 Å². The Bertz CT molecular complexity index is 460. The molecule has 0 bridgehead atoms. The van der Waals surface area contributed by atoms with E-state index in [9.17, 15) is 9.59 Å². The van der Waals surface area contributed by atoms with Crippen molar-refractivity contribution in [3.8, 4) is 0 Å². The van der Waals surface area contributed by atoms with E-state index in [0.29, 0.717) is 19.3 Å². The van der Waals surface area contributed by atoms with Gasteiger partial charge in [0.15, 0.2) is 0 Å². The van der Waals surface area contributed by atoms with E-state index in [1.807, 2.05) is 31.2 Å². The molecule has 2 rings (SSSR count). The summed E-state index contributed by atoms with van der Waals surface area (Å²) in [6.45, 7) is 2.24. The van der Waals surface area contributed by atoms with Crippen molar-refractivity contribution in [1.82, 2.24) is 5.32 Å². The van der Waals surface area contributed by atoms with Crippen LogP contribution in [0, 0.1) is 12.3 Å². The molecule has 0 saturated heterocycles. The van der Waals surface area contributed by atoms with E-state index in [4.69, 9.17) is 5.11 Å². The van der Waals surface area contributed by atoms with Crippen LogP contribution in [0.4, 0.5) is 0 Å². The highest BCUT2D eigenvalue weighted by Gasteiger charge is 2.50. The second kappa shape index (κ2) is 4.80.